The third kappa shape index (κ3) is 2.60. The van der Waals surface area contributed by atoms with Crippen LogP contribution in [0.3, 0.4) is 0 Å². The normalized spacial score (nSPS) is 26.5. The van der Waals surface area contributed by atoms with E-state index in [9.17, 15) is 0 Å². The summed E-state index contributed by atoms with van der Waals surface area (Å²) in [5, 5.41) is 3.52. The van der Waals surface area contributed by atoms with Crippen LogP contribution in [0.4, 0.5) is 0 Å². The van der Waals surface area contributed by atoms with Crippen LogP contribution in [0.5, 0.6) is 0 Å². The molecule has 0 aromatic heterocycles. The van der Waals surface area contributed by atoms with Crippen LogP contribution >= 0.6 is 0 Å². The zero-order chi connectivity index (χ0) is 10.5. The van der Waals surface area contributed by atoms with E-state index in [-0.39, 0.29) is 0 Å². The SMILES string of the molecule is CCCC1CNCCC1c1ccccc1. The molecule has 2 atom stereocenters. The van der Waals surface area contributed by atoms with Crippen LogP contribution in [0.25, 0.3) is 0 Å². The fraction of sp³-hybridized carbons (Fsp3) is 0.571. The van der Waals surface area contributed by atoms with E-state index in [1.807, 2.05) is 0 Å². The van der Waals surface area contributed by atoms with Crippen LogP contribution in [0.15, 0.2) is 30.3 Å². The van der Waals surface area contributed by atoms with Gasteiger partial charge in [0.15, 0.2) is 0 Å². The summed E-state index contributed by atoms with van der Waals surface area (Å²) in [6.07, 6.45) is 3.96. The zero-order valence-corrected chi connectivity index (χ0v) is 9.58. The summed E-state index contributed by atoms with van der Waals surface area (Å²) >= 11 is 0. The summed E-state index contributed by atoms with van der Waals surface area (Å²) in [4.78, 5) is 0. The van der Waals surface area contributed by atoms with Gasteiger partial charge < -0.3 is 5.32 Å². The van der Waals surface area contributed by atoms with Gasteiger partial charge in [0.2, 0.25) is 0 Å². The molecule has 0 bridgehead atoms. The summed E-state index contributed by atoms with van der Waals surface area (Å²) in [5.41, 5.74) is 1.54. The minimum Gasteiger partial charge on any atom is -0.316 e. The van der Waals surface area contributed by atoms with Gasteiger partial charge in [-0.05, 0) is 43.3 Å². The largest absolute Gasteiger partial charge is 0.316 e. The highest BCUT2D eigenvalue weighted by atomic mass is 14.9. The lowest BCUT2D eigenvalue weighted by atomic mass is 9.79. The summed E-state index contributed by atoms with van der Waals surface area (Å²) in [6, 6.07) is 11.0. The second-order valence-corrected chi connectivity index (χ2v) is 4.56. The summed E-state index contributed by atoms with van der Waals surface area (Å²) < 4.78 is 0. The van der Waals surface area contributed by atoms with E-state index in [0.29, 0.717) is 0 Å². The van der Waals surface area contributed by atoms with Crippen LogP contribution in [0, 0.1) is 5.92 Å². The number of piperidine rings is 1. The van der Waals surface area contributed by atoms with E-state index >= 15 is 0 Å². The predicted molar refractivity (Wildman–Crippen MR) is 65.1 cm³/mol. The molecule has 1 nitrogen and oxygen atoms in total. The first-order valence-electron chi connectivity index (χ1n) is 6.17. The molecular weight excluding hydrogens is 182 g/mol. The molecule has 1 fully saturated rings. The highest BCUT2D eigenvalue weighted by Crippen LogP contribution is 2.32. The standard InChI is InChI=1S/C14H21N/c1-2-6-13-11-15-10-9-14(13)12-7-4-3-5-8-12/h3-5,7-8,13-15H,2,6,9-11H2,1H3. The predicted octanol–water partition coefficient (Wildman–Crippen LogP) is 3.18. The Kier molecular flexibility index (Phi) is 3.79. The lowest BCUT2D eigenvalue weighted by Gasteiger charge is -2.32. The second kappa shape index (κ2) is 5.32. The quantitative estimate of drug-likeness (QED) is 0.795. The van der Waals surface area contributed by atoms with Gasteiger partial charge in [0.05, 0.1) is 0 Å². The van der Waals surface area contributed by atoms with Crippen molar-refractivity contribution in [3.05, 3.63) is 35.9 Å². The Balaban J connectivity index is 2.11. The zero-order valence-electron chi connectivity index (χ0n) is 9.58. The molecule has 1 heteroatoms. The molecule has 2 rings (SSSR count). The van der Waals surface area contributed by atoms with Crippen LogP contribution in [-0.4, -0.2) is 13.1 Å². The van der Waals surface area contributed by atoms with Gasteiger partial charge in [-0.3, -0.25) is 0 Å². The molecule has 1 aliphatic rings. The van der Waals surface area contributed by atoms with Crippen molar-refractivity contribution in [1.29, 1.82) is 0 Å². The summed E-state index contributed by atoms with van der Waals surface area (Å²) in [6.45, 7) is 4.67. The van der Waals surface area contributed by atoms with E-state index in [1.54, 1.807) is 0 Å². The van der Waals surface area contributed by atoms with Crippen molar-refractivity contribution >= 4 is 0 Å². The minimum atomic E-state index is 0.785. The molecule has 0 aliphatic carbocycles. The van der Waals surface area contributed by atoms with Crippen LogP contribution in [-0.2, 0) is 0 Å². The molecule has 2 unspecified atom stereocenters. The molecule has 1 aromatic carbocycles. The van der Waals surface area contributed by atoms with Gasteiger partial charge in [0.25, 0.3) is 0 Å². The van der Waals surface area contributed by atoms with E-state index in [0.717, 1.165) is 11.8 Å². The average molecular weight is 203 g/mol. The van der Waals surface area contributed by atoms with Crippen LogP contribution in [0.1, 0.15) is 37.7 Å². The van der Waals surface area contributed by atoms with Crippen molar-refractivity contribution in [2.75, 3.05) is 13.1 Å². The lowest BCUT2D eigenvalue weighted by Crippen LogP contribution is -2.35. The monoisotopic (exact) mass is 203 g/mol. The number of nitrogens with one attached hydrogen (secondary N) is 1. The van der Waals surface area contributed by atoms with Gasteiger partial charge in [-0.2, -0.15) is 0 Å². The van der Waals surface area contributed by atoms with E-state index < -0.39 is 0 Å². The molecule has 82 valence electrons. The Labute approximate surface area is 92.9 Å². The first kappa shape index (κ1) is 10.7. The van der Waals surface area contributed by atoms with Crippen molar-refractivity contribution in [3.63, 3.8) is 0 Å². The fourth-order valence-corrected chi connectivity index (χ4v) is 2.74. The highest BCUT2D eigenvalue weighted by Gasteiger charge is 2.24. The molecule has 0 saturated carbocycles. The van der Waals surface area contributed by atoms with Gasteiger partial charge in [-0.25, -0.2) is 0 Å². The molecule has 1 N–H and O–H groups in total. The lowest BCUT2D eigenvalue weighted by molar-refractivity contribution is 0.307. The maximum atomic E-state index is 3.52. The Bertz CT molecular complexity index is 279. The van der Waals surface area contributed by atoms with Crippen LogP contribution in [0.2, 0.25) is 0 Å². The second-order valence-electron chi connectivity index (χ2n) is 4.56. The Hall–Kier alpha value is -0.820. The van der Waals surface area contributed by atoms with Crippen molar-refractivity contribution in [2.24, 2.45) is 5.92 Å². The number of hydrogen-bond donors (Lipinski definition) is 1. The molecule has 0 spiro atoms. The Morgan fingerprint density at radius 3 is 2.80 bits per heavy atom. The van der Waals surface area contributed by atoms with Gasteiger partial charge >= 0.3 is 0 Å². The van der Waals surface area contributed by atoms with Gasteiger partial charge in [-0.1, -0.05) is 43.7 Å². The summed E-state index contributed by atoms with van der Waals surface area (Å²) in [7, 11) is 0. The molecule has 0 amide bonds. The smallest absolute Gasteiger partial charge is 0.00147 e. The van der Waals surface area contributed by atoms with Gasteiger partial charge in [-0.15, -0.1) is 0 Å². The van der Waals surface area contributed by atoms with E-state index in [1.165, 1.54) is 37.9 Å². The van der Waals surface area contributed by atoms with Crippen molar-refractivity contribution in [2.45, 2.75) is 32.1 Å². The maximum absolute atomic E-state index is 3.52. The molecule has 1 heterocycles. The maximum Gasteiger partial charge on any atom is -0.00147 e. The molecule has 1 saturated heterocycles. The molecule has 1 aliphatic heterocycles. The first-order chi connectivity index (χ1) is 7.42. The average Bonchev–Trinajstić information content (AvgIpc) is 2.31. The van der Waals surface area contributed by atoms with Crippen LogP contribution < -0.4 is 5.32 Å². The fourth-order valence-electron chi connectivity index (χ4n) is 2.74. The summed E-state index contributed by atoms with van der Waals surface area (Å²) in [5.74, 6) is 1.62. The molecule has 0 radical (unpaired) electrons. The third-order valence-corrected chi connectivity index (χ3v) is 3.49. The van der Waals surface area contributed by atoms with E-state index in [2.05, 4.69) is 42.6 Å². The van der Waals surface area contributed by atoms with Gasteiger partial charge in [0, 0.05) is 0 Å². The Morgan fingerprint density at radius 2 is 2.07 bits per heavy atom. The third-order valence-electron chi connectivity index (χ3n) is 3.49. The van der Waals surface area contributed by atoms with E-state index in [4.69, 9.17) is 0 Å². The topological polar surface area (TPSA) is 12.0 Å². The number of rotatable bonds is 3. The number of hydrogen-bond acceptors (Lipinski definition) is 1. The molecule has 15 heavy (non-hydrogen) atoms. The molecule has 1 aromatic rings. The van der Waals surface area contributed by atoms with Crippen molar-refractivity contribution in [3.8, 4) is 0 Å². The van der Waals surface area contributed by atoms with Gasteiger partial charge in [0.1, 0.15) is 0 Å². The number of benzene rings is 1. The molecular formula is C14H21N. The minimum absolute atomic E-state index is 0.785. The van der Waals surface area contributed by atoms with Crippen molar-refractivity contribution < 1.29 is 0 Å². The van der Waals surface area contributed by atoms with Crippen molar-refractivity contribution in [1.82, 2.24) is 5.32 Å². The Morgan fingerprint density at radius 1 is 1.27 bits per heavy atom. The highest BCUT2D eigenvalue weighted by molar-refractivity contribution is 5.21. The first-order valence-corrected chi connectivity index (χ1v) is 6.17.